The molecule has 0 fully saturated rings. The quantitative estimate of drug-likeness (QED) is 0.546. The third kappa shape index (κ3) is 876. The summed E-state index contributed by atoms with van der Waals surface area (Å²) in [6.07, 6.45) is 0. The van der Waals surface area contributed by atoms with Crippen LogP contribution in [0.1, 0.15) is 13.8 Å². The molecule has 0 N–H and O–H groups in total. The van der Waals surface area contributed by atoms with Crippen molar-refractivity contribution < 1.29 is 20.4 Å². The van der Waals surface area contributed by atoms with Gasteiger partial charge in [0, 0.05) is 20.4 Å². The minimum atomic E-state index is 0. The molecule has 0 bridgehead atoms. The van der Waals surface area contributed by atoms with Crippen molar-refractivity contribution in [1.82, 2.24) is 0 Å². The van der Waals surface area contributed by atoms with E-state index in [9.17, 15) is 0 Å². The van der Waals surface area contributed by atoms with Crippen LogP contribution in [0.2, 0.25) is 0 Å². The summed E-state index contributed by atoms with van der Waals surface area (Å²) < 4.78 is 0. The minimum absolute atomic E-state index is 0. The molecule has 0 saturated heterocycles. The fourth-order valence-corrected chi connectivity index (χ4v) is 0. The molecule has 0 aliphatic heterocycles. The van der Waals surface area contributed by atoms with E-state index in [2.05, 4.69) is 27.7 Å². The molecule has 0 heterocycles. The molecule has 1 heteroatoms. The molecule has 0 aromatic carbocycles. The van der Waals surface area contributed by atoms with E-state index in [0.717, 1.165) is 11.8 Å². The first-order valence-corrected chi connectivity index (χ1v) is 2.41. The molecular formula is C8H14Pd. The van der Waals surface area contributed by atoms with Crippen molar-refractivity contribution >= 4 is 0 Å². The van der Waals surface area contributed by atoms with E-state index < -0.39 is 0 Å². The van der Waals surface area contributed by atoms with Gasteiger partial charge in [0.05, 0.1) is 0 Å². The summed E-state index contributed by atoms with van der Waals surface area (Å²) in [4.78, 5) is 0. The zero-order valence-electron chi connectivity index (χ0n) is 6.14. The van der Waals surface area contributed by atoms with E-state index in [4.69, 9.17) is 0 Å². The SMILES string of the molecule is [CH2][C]([CH2])C.[CH2][C]([CH2])C.[Pd]. The normalized spacial score (nSPS) is 8.00. The van der Waals surface area contributed by atoms with Crippen LogP contribution in [-0.2, 0) is 20.4 Å². The van der Waals surface area contributed by atoms with Gasteiger partial charge >= 0.3 is 0 Å². The molecule has 0 aliphatic rings. The standard InChI is InChI=1S/2C4H7.Pd/c2*1-4(2)3;/h2*1-2H2,3H3;. The first-order chi connectivity index (χ1) is 3.46. The molecule has 56 valence electrons. The van der Waals surface area contributed by atoms with Gasteiger partial charge in [-0.25, -0.2) is 0 Å². The van der Waals surface area contributed by atoms with Crippen LogP contribution in [0.25, 0.3) is 0 Å². The van der Waals surface area contributed by atoms with Crippen molar-refractivity contribution in [2.45, 2.75) is 13.8 Å². The number of rotatable bonds is 0. The fraction of sp³-hybridized carbons (Fsp3) is 0.250. The zero-order chi connectivity index (χ0) is 7.15. The van der Waals surface area contributed by atoms with Gasteiger partial charge in [-0.3, -0.25) is 0 Å². The van der Waals surface area contributed by atoms with Gasteiger partial charge in [-0.15, -0.1) is 0 Å². The van der Waals surface area contributed by atoms with Crippen LogP contribution < -0.4 is 0 Å². The maximum absolute atomic E-state index is 3.44. The molecule has 0 aliphatic carbocycles. The van der Waals surface area contributed by atoms with Crippen molar-refractivity contribution in [2.75, 3.05) is 0 Å². The van der Waals surface area contributed by atoms with Gasteiger partial charge in [0.2, 0.25) is 0 Å². The molecule has 0 unspecified atom stereocenters. The van der Waals surface area contributed by atoms with Gasteiger partial charge in [0.25, 0.3) is 0 Å². The van der Waals surface area contributed by atoms with Crippen LogP contribution in [0.5, 0.6) is 0 Å². The Morgan fingerprint density at radius 1 is 0.778 bits per heavy atom. The molecule has 0 nitrogen and oxygen atoms in total. The Morgan fingerprint density at radius 2 is 0.778 bits per heavy atom. The Labute approximate surface area is 74.1 Å². The maximum Gasteiger partial charge on any atom is 0 e. The van der Waals surface area contributed by atoms with Gasteiger partial charge in [0.15, 0.2) is 0 Å². The molecular weight excluding hydrogens is 203 g/mol. The van der Waals surface area contributed by atoms with E-state index in [0.29, 0.717) is 0 Å². The largest absolute Gasteiger partial charge is 0.0591 e. The van der Waals surface area contributed by atoms with Gasteiger partial charge < -0.3 is 0 Å². The summed E-state index contributed by atoms with van der Waals surface area (Å²) in [7, 11) is 0. The van der Waals surface area contributed by atoms with Crippen LogP contribution in [0.4, 0.5) is 0 Å². The molecule has 0 amide bonds. The van der Waals surface area contributed by atoms with Crippen molar-refractivity contribution in [3.63, 3.8) is 0 Å². The molecule has 0 spiro atoms. The molecule has 0 aromatic rings. The van der Waals surface area contributed by atoms with Crippen molar-refractivity contribution in [3.8, 4) is 0 Å². The van der Waals surface area contributed by atoms with Crippen molar-refractivity contribution in [3.05, 3.63) is 39.5 Å². The summed E-state index contributed by atoms with van der Waals surface area (Å²) >= 11 is 0. The van der Waals surface area contributed by atoms with E-state index in [1.807, 2.05) is 13.8 Å². The predicted octanol–water partition coefficient (Wildman–Crippen LogP) is 2.50. The summed E-state index contributed by atoms with van der Waals surface area (Å²) in [5.41, 5.74) is 0. The average Bonchev–Trinajstić information content (AvgIpc) is 1.25. The molecule has 0 atom stereocenters. The Kier molecular flexibility index (Phi) is 20.8. The van der Waals surface area contributed by atoms with Crippen LogP contribution in [-0.4, -0.2) is 0 Å². The van der Waals surface area contributed by atoms with Crippen LogP contribution in [0.3, 0.4) is 0 Å². The van der Waals surface area contributed by atoms with E-state index in [-0.39, 0.29) is 20.4 Å². The summed E-state index contributed by atoms with van der Waals surface area (Å²) in [6, 6.07) is 0. The minimum Gasteiger partial charge on any atom is -0.0591 e. The summed E-state index contributed by atoms with van der Waals surface area (Å²) in [6.45, 7) is 17.5. The van der Waals surface area contributed by atoms with Gasteiger partial charge in [-0.05, 0) is 39.5 Å². The van der Waals surface area contributed by atoms with E-state index in [1.165, 1.54) is 0 Å². The molecule has 0 rings (SSSR count). The Bertz CT molecular complexity index is 20.0. The maximum atomic E-state index is 3.44. The monoisotopic (exact) mass is 216 g/mol. The Balaban J connectivity index is -0.0000000720. The van der Waals surface area contributed by atoms with E-state index >= 15 is 0 Å². The number of hydrogen-bond donors (Lipinski definition) is 0. The average molecular weight is 217 g/mol. The predicted molar refractivity (Wildman–Crippen MR) is 39.3 cm³/mol. The Morgan fingerprint density at radius 3 is 0.778 bits per heavy atom. The first-order valence-electron chi connectivity index (χ1n) is 2.41. The van der Waals surface area contributed by atoms with Gasteiger partial charge in [-0.2, -0.15) is 0 Å². The van der Waals surface area contributed by atoms with Gasteiger partial charge in [-0.1, -0.05) is 13.8 Å². The third-order valence-electron chi connectivity index (χ3n) is 0. The second-order valence-corrected chi connectivity index (χ2v) is 1.91. The van der Waals surface area contributed by atoms with Crippen LogP contribution in [0, 0.1) is 39.5 Å². The first kappa shape index (κ1) is 16.3. The molecule has 0 aromatic heterocycles. The van der Waals surface area contributed by atoms with Crippen molar-refractivity contribution in [2.24, 2.45) is 0 Å². The smallest absolute Gasteiger partial charge is 0 e. The second kappa shape index (κ2) is 11.5. The molecule has 9 heavy (non-hydrogen) atoms. The summed E-state index contributed by atoms with van der Waals surface area (Å²) in [5, 5.41) is 0. The fourth-order valence-electron chi connectivity index (χ4n) is 0. The van der Waals surface area contributed by atoms with Crippen LogP contribution >= 0.6 is 0 Å². The number of hydrogen-bond acceptors (Lipinski definition) is 0. The molecule has 0 saturated carbocycles. The Hall–Kier alpha value is 0.662. The van der Waals surface area contributed by atoms with Gasteiger partial charge in [0.1, 0.15) is 0 Å². The second-order valence-electron chi connectivity index (χ2n) is 1.91. The third-order valence-corrected chi connectivity index (χ3v) is 0. The topological polar surface area (TPSA) is 0 Å². The van der Waals surface area contributed by atoms with Crippen molar-refractivity contribution in [1.29, 1.82) is 0 Å². The molecule has 6 radical (unpaired) electrons. The van der Waals surface area contributed by atoms with Crippen LogP contribution in [0.15, 0.2) is 0 Å². The summed E-state index contributed by atoms with van der Waals surface area (Å²) in [5.74, 6) is 1.83. The van der Waals surface area contributed by atoms with E-state index in [1.54, 1.807) is 0 Å². The zero-order valence-corrected chi connectivity index (χ0v) is 7.70.